The van der Waals surface area contributed by atoms with E-state index in [9.17, 15) is 4.79 Å². The highest BCUT2D eigenvalue weighted by molar-refractivity contribution is 6.38. The van der Waals surface area contributed by atoms with Crippen molar-refractivity contribution in [3.8, 4) is 0 Å². The highest BCUT2D eigenvalue weighted by atomic mass is 35.5. The van der Waals surface area contributed by atoms with Crippen molar-refractivity contribution >= 4 is 34.6 Å². The molecule has 2 aromatic carbocycles. The minimum absolute atomic E-state index is 0.308. The first kappa shape index (κ1) is 13.4. The van der Waals surface area contributed by atoms with E-state index in [0.717, 1.165) is 16.5 Å². The van der Waals surface area contributed by atoms with Gasteiger partial charge in [0.15, 0.2) is 0 Å². The summed E-state index contributed by atoms with van der Waals surface area (Å²) >= 11 is 6.20. The largest absolute Gasteiger partial charge is 0.349 e. The summed E-state index contributed by atoms with van der Waals surface area (Å²) in [6.45, 7) is 0. The van der Waals surface area contributed by atoms with Crippen LogP contribution in [0.2, 0.25) is 5.02 Å². The summed E-state index contributed by atoms with van der Waals surface area (Å²) in [5.74, 6) is -0.372. The summed E-state index contributed by atoms with van der Waals surface area (Å²) in [5.41, 5.74) is 4.49. The predicted octanol–water partition coefficient (Wildman–Crippen LogP) is 3.59. The second kappa shape index (κ2) is 5.81. The number of fused-ring (bicyclic) bond motifs is 1. The predicted molar refractivity (Wildman–Crippen MR) is 84.8 cm³/mol. The summed E-state index contributed by atoms with van der Waals surface area (Å²) < 4.78 is 0. The summed E-state index contributed by atoms with van der Waals surface area (Å²) in [5, 5.41) is 5.14. The molecule has 0 atom stereocenters. The van der Waals surface area contributed by atoms with Crippen molar-refractivity contribution in [1.29, 1.82) is 0 Å². The molecule has 0 spiro atoms. The van der Waals surface area contributed by atoms with E-state index >= 15 is 0 Å². The van der Waals surface area contributed by atoms with Crippen molar-refractivity contribution in [2.75, 3.05) is 0 Å². The van der Waals surface area contributed by atoms with Gasteiger partial charge in [-0.3, -0.25) is 4.79 Å². The molecule has 5 heteroatoms. The molecule has 0 aliphatic heterocycles. The van der Waals surface area contributed by atoms with Gasteiger partial charge >= 0.3 is 0 Å². The quantitative estimate of drug-likeness (QED) is 0.563. The van der Waals surface area contributed by atoms with Crippen LogP contribution in [0.1, 0.15) is 16.1 Å². The van der Waals surface area contributed by atoms with Gasteiger partial charge in [0, 0.05) is 10.9 Å². The Morgan fingerprint density at radius 3 is 2.57 bits per heavy atom. The number of H-pyrrole nitrogens is 1. The lowest BCUT2D eigenvalue weighted by Gasteiger charge is -1.97. The van der Waals surface area contributed by atoms with Crippen molar-refractivity contribution in [2.45, 2.75) is 0 Å². The second-order valence-electron chi connectivity index (χ2n) is 4.47. The maximum atomic E-state index is 12.1. The molecular formula is C16H12ClN3O. The van der Waals surface area contributed by atoms with E-state index in [1.165, 1.54) is 0 Å². The van der Waals surface area contributed by atoms with Crippen molar-refractivity contribution < 1.29 is 4.79 Å². The molecule has 3 aromatic rings. The van der Waals surface area contributed by atoms with Gasteiger partial charge in [0.1, 0.15) is 5.69 Å². The fourth-order valence-electron chi connectivity index (χ4n) is 2.02. The van der Waals surface area contributed by atoms with E-state index in [2.05, 4.69) is 15.5 Å². The molecule has 0 fully saturated rings. The fourth-order valence-corrected chi connectivity index (χ4v) is 2.32. The number of amides is 1. The van der Waals surface area contributed by atoms with Gasteiger partial charge in [-0.05, 0) is 11.6 Å². The molecule has 0 unspecified atom stereocenters. The number of hydrogen-bond donors (Lipinski definition) is 2. The Balaban J connectivity index is 1.78. The molecule has 1 amide bonds. The van der Waals surface area contributed by atoms with Crippen LogP contribution >= 0.6 is 11.6 Å². The minimum Gasteiger partial charge on any atom is -0.349 e. The molecule has 1 heterocycles. The Kier molecular flexibility index (Phi) is 3.71. The number of rotatable bonds is 3. The average molecular weight is 298 g/mol. The lowest BCUT2D eigenvalue weighted by molar-refractivity contribution is 0.0951. The SMILES string of the molecule is O=C(N/N=C\c1ccccc1)c1[nH]c2ccccc2c1Cl. The molecule has 0 radical (unpaired) electrons. The molecular weight excluding hydrogens is 286 g/mol. The third kappa shape index (κ3) is 2.80. The molecule has 104 valence electrons. The number of halogens is 1. The van der Waals surface area contributed by atoms with Gasteiger partial charge in [0.05, 0.1) is 11.2 Å². The first-order chi connectivity index (χ1) is 10.3. The number of hydrazone groups is 1. The average Bonchev–Trinajstić information content (AvgIpc) is 2.86. The smallest absolute Gasteiger partial charge is 0.289 e. The number of hydrogen-bond acceptors (Lipinski definition) is 2. The third-order valence-corrected chi connectivity index (χ3v) is 3.44. The van der Waals surface area contributed by atoms with Gasteiger partial charge in [0.2, 0.25) is 0 Å². The molecule has 4 nitrogen and oxygen atoms in total. The maximum Gasteiger partial charge on any atom is 0.289 e. The first-order valence-corrected chi connectivity index (χ1v) is 6.78. The maximum absolute atomic E-state index is 12.1. The van der Waals surface area contributed by atoms with Gasteiger partial charge < -0.3 is 4.98 Å². The molecule has 2 N–H and O–H groups in total. The van der Waals surface area contributed by atoms with Crippen molar-refractivity contribution in [1.82, 2.24) is 10.4 Å². The molecule has 0 aliphatic rings. The van der Waals surface area contributed by atoms with Crippen LogP contribution in [0.25, 0.3) is 10.9 Å². The highest BCUT2D eigenvalue weighted by Gasteiger charge is 2.15. The van der Waals surface area contributed by atoms with Crippen LogP contribution in [0, 0.1) is 0 Å². The van der Waals surface area contributed by atoms with Crippen LogP contribution in [0.4, 0.5) is 0 Å². The Labute approximate surface area is 126 Å². The van der Waals surface area contributed by atoms with Gasteiger partial charge in [-0.25, -0.2) is 5.43 Å². The Morgan fingerprint density at radius 2 is 1.81 bits per heavy atom. The number of aromatic nitrogens is 1. The van der Waals surface area contributed by atoms with E-state index in [0.29, 0.717) is 10.7 Å². The van der Waals surface area contributed by atoms with Crippen LogP contribution in [0.5, 0.6) is 0 Å². The number of nitrogens with one attached hydrogen (secondary N) is 2. The molecule has 0 aliphatic carbocycles. The molecule has 0 saturated carbocycles. The summed E-state index contributed by atoms with van der Waals surface area (Å²) in [6.07, 6.45) is 1.58. The van der Waals surface area contributed by atoms with Gasteiger partial charge in [-0.1, -0.05) is 60.1 Å². The monoisotopic (exact) mass is 297 g/mol. The number of para-hydroxylation sites is 1. The van der Waals surface area contributed by atoms with Crippen LogP contribution in [-0.2, 0) is 0 Å². The molecule has 1 aromatic heterocycles. The number of nitrogens with zero attached hydrogens (tertiary/aromatic N) is 1. The van der Waals surface area contributed by atoms with E-state index in [4.69, 9.17) is 11.6 Å². The molecule has 3 rings (SSSR count). The first-order valence-electron chi connectivity index (χ1n) is 6.40. The fraction of sp³-hybridized carbons (Fsp3) is 0. The summed E-state index contributed by atoms with van der Waals surface area (Å²) in [7, 11) is 0. The van der Waals surface area contributed by atoms with Crippen LogP contribution in [-0.4, -0.2) is 17.1 Å². The zero-order valence-electron chi connectivity index (χ0n) is 11.0. The van der Waals surface area contributed by atoms with E-state index < -0.39 is 0 Å². The topological polar surface area (TPSA) is 57.2 Å². The second-order valence-corrected chi connectivity index (χ2v) is 4.85. The lowest BCUT2D eigenvalue weighted by atomic mass is 10.2. The zero-order valence-corrected chi connectivity index (χ0v) is 11.8. The Bertz CT molecular complexity index is 809. The van der Waals surface area contributed by atoms with Gasteiger partial charge in [-0.15, -0.1) is 0 Å². The number of carbonyl (C=O) groups excluding carboxylic acids is 1. The van der Waals surface area contributed by atoms with Gasteiger partial charge in [-0.2, -0.15) is 5.10 Å². The molecule has 0 bridgehead atoms. The lowest BCUT2D eigenvalue weighted by Crippen LogP contribution is -2.18. The Hall–Kier alpha value is -2.59. The van der Waals surface area contributed by atoms with Gasteiger partial charge in [0.25, 0.3) is 5.91 Å². The van der Waals surface area contributed by atoms with Crippen molar-refractivity contribution in [3.63, 3.8) is 0 Å². The third-order valence-electron chi connectivity index (χ3n) is 3.05. The number of aromatic amines is 1. The summed E-state index contributed by atoms with van der Waals surface area (Å²) in [6, 6.07) is 17.0. The van der Waals surface area contributed by atoms with Crippen molar-refractivity contribution in [3.05, 3.63) is 70.9 Å². The zero-order chi connectivity index (χ0) is 14.7. The highest BCUT2D eigenvalue weighted by Crippen LogP contribution is 2.26. The van der Waals surface area contributed by atoms with Crippen molar-refractivity contribution in [2.24, 2.45) is 5.10 Å². The van der Waals surface area contributed by atoms with E-state index in [1.54, 1.807) is 6.21 Å². The van der Waals surface area contributed by atoms with Crippen LogP contribution in [0.15, 0.2) is 59.7 Å². The number of benzene rings is 2. The number of carbonyl (C=O) groups is 1. The summed E-state index contributed by atoms with van der Waals surface area (Å²) in [4.78, 5) is 15.1. The standard InChI is InChI=1S/C16H12ClN3O/c17-14-12-8-4-5-9-13(12)19-15(14)16(21)20-18-10-11-6-2-1-3-7-11/h1-10,19H,(H,20,21)/b18-10-. The normalized spacial score (nSPS) is 11.1. The molecule has 21 heavy (non-hydrogen) atoms. The minimum atomic E-state index is -0.372. The van der Waals surface area contributed by atoms with E-state index in [-0.39, 0.29) is 5.91 Å². The van der Waals surface area contributed by atoms with E-state index in [1.807, 2.05) is 54.6 Å². The Morgan fingerprint density at radius 1 is 1.10 bits per heavy atom. The van der Waals surface area contributed by atoms with Crippen LogP contribution in [0.3, 0.4) is 0 Å². The van der Waals surface area contributed by atoms with Crippen LogP contribution < -0.4 is 5.43 Å². The molecule has 0 saturated heterocycles.